The Labute approximate surface area is 103 Å². The first-order valence-electron chi connectivity index (χ1n) is 5.76. The van der Waals surface area contributed by atoms with E-state index in [1.54, 1.807) is 13.0 Å². The number of aliphatic carboxylic acids is 1. The fraction of sp³-hybridized carbons (Fsp3) is 0.400. The fourth-order valence-corrected chi connectivity index (χ4v) is 2.02. The Bertz CT molecular complexity index is 479. The van der Waals surface area contributed by atoms with Gasteiger partial charge in [-0.05, 0) is 81.0 Å². The van der Waals surface area contributed by atoms with Crippen LogP contribution < -0.4 is 0 Å². The molecular weight excluding hydrogens is 212 g/mol. The lowest BCUT2D eigenvalue weighted by Crippen LogP contribution is -2.01. The van der Waals surface area contributed by atoms with Crippen molar-refractivity contribution in [1.29, 1.82) is 0 Å². The highest BCUT2D eigenvalue weighted by atomic mass is 16.4. The highest BCUT2D eigenvalue weighted by molar-refractivity contribution is 5.92. The Morgan fingerprint density at radius 2 is 1.24 bits per heavy atom. The molecule has 0 spiro atoms. The van der Waals surface area contributed by atoms with Crippen LogP contribution in [0.4, 0.5) is 0 Å². The van der Waals surface area contributed by atoms with Crippen molar-refractivity contribution in [3.63, 3.8) is 0 Å². The van der Waals surface area contributed by atoms with Crippen LogP contribution in [-0.4, -0.2) is 11.1 Å². The number of benzene rings is 1. The maximum atomic E-state index is 10.9. The van der Waals surface area contributed by atoms with Crippen molar-refractivity contribution in [2.24, 2.45) is 0 Å². The molecule has 1 aromatic carbocycles. The van der Waals surface area contributed by atoms with E-state index in [9.17, 15) is 4.79 Å². The lowest BCUT2D eigenvalue weighted by molar-refractivity contribution is -0.132. The summed E-state index contributed by atoms with van der Waals surface area (Å²) in [5.74, 6) is -0.861. The molecule has 0 saturated carbocycles. The van der Waals surface area contributed by atoms with Gasteiger partial charge in [-0.25, -0.2) is 4.79 Å². The third-order valence-electron chi connectivity index (χ3n) is 3.76. The Hall–Kier alpha value is -1.57. The van der Waals surface area contributed by atoms with Crippen molar-refractivity contribution in [2.45, 2.75) is 41.5 Å². The Balaban J connectivity index is 3.56. The molecule has 0 saturated heterocycles. The second kappa shape index (κ2) is 4.74. The molecule has 2 heteroatoms. The van der Waals surface area contributed by atoms with Crippen molar-refractivity contribution in [3.8, 4) is 0 Å². The Morgan fingerprint density at radius 1 is 0.882 bits per heavy atom. The van der Waals surface area contributed by atoms with Gasteiger partial charge in [0.2, 0.25) is 0 Å². The molecule has 0 aliphatic rings. The van der Waals surface area contributed by atoms with Crippen molar-refractivity contribution >= 4 is 12.0 Å². The van der Waals surface area contributed by atoms with E-state index < -0.39 is 5.97 Å². The Morgan fingerprint density at radius 3 is 1.59 bits per heavy atom. The van der Waals surface area contributed by atoms with Gasteiger partial charge < -0.3 is 5.11 Å². The molecule has 0 aliphatic carbocycles. The summed E-state index contributed by atoms with van der Waals surface area (Å²) < 4.78 is 0. The maximum absolute atomic E-state index is 10.9. The minimum absolute atomic E-state index is 0.374. The van der Waals surface area contributed by atoms with Crippen LogP contribution in [0, 0.1) is 34.6 Å². The molecule has 0 bridgehead atoms. The molecule has 17 heavy (non-hydrogen) atoms. The summed E-state index contributed by atoms with van der Waals surface area (Å²) in [7, 11) is 0. The van der Waals surface area contributed by atoms with E-state index in [2.05, 4.69) is 34.6 Å². The van der Waals surface area contributed by atoms with Gasteiger partial charge >= 0.3 is 5.97 Å². The monoisotopic (exact) mass is 232 g/mol. The molecule has 0 heterocycles. The zero-order valence-corrected chi connectivity index (χ0v) is 11.4. The van der Waals surface area contributed by atoms with Gasteiger partial charge in [0, 0.05) is 5.57 Å². The van der Waals surface area contributed by atoms with Gasteiger partial charge in [0.1, 0.15) is 0 Å². The largest absolute Gasteiger partial charge is 0.478 e. The van der Waals surface area contributed by atoms with Gasteiger partial charge in [0.15, 0.2) is 0 Å². The van der Waals surface area contributed by atoms with E-state index in [0.717, 1.165) is 5.56 Å². The van der Waals surface area contributed by atoms with Crippen molar-refractivity contribution in [3.05, 3.63) is 39.0 Å². The fourth-order valence-electron chi connectivity index (χ4n) is 2.02. The molecule has 0 radical (unpaired) electrons. The van der Waals surface area contributed by atoms with Crippen LogP contribution in [0.5, 0.6) is 0 Å². The molecule has 1 N–H and O–H groups in total. The summed E-state index contributed by atoms with van der Waals surface area (Å²) in [4.78, 5) is 10.9. The number of carboxylic acids is 1. The number of rotatable bonds is 2. The zero-order valence-electron chi connectivity index (χ0n) is 11.4. The van der Waals surface area contributed by atoms with Crippen LogP contribution >= 0.6 is 0 Å². The van der Waals surface area contributed by atoms with Gasteiger partial charge in [0.25, 0.3) is 0 Å². The summed E-state index contributed by atoms with van der Waals surface area (Å²) in [5.41, 5.74) is 7.56. The molecule has 92 valence electrons. The maximum Gasteiger partial charge on any atom is 0.331 e. The quantitative estimate of drug-likeness (QED) is 0.789. The summed E-state index contributed by atoms with van der Waals surface area (Å²) >= 11 is 0. The van der Waals surface area contributed by atoms with E-state index >= 15 is 0 Å². The first-order chi connectivity index (χ1) is 7.77. The zero-order chi connectivity index (χ0) is 13.3. The van der Waals surface area contributed by atoms with Gasteiger partial charge in [-0.2, -0.15) is 0 Å². The lowest BCUT2D eigenvalue weighted by atomic mass is 9.89. The predicted octanol–water partition coefficient (Wildman–Crippen LogP) is 3.72. The minimum Gasteiger partial charge on any atom is -0.478 e. The minimum atomic E-state index is -0.861. The standard InChI is InChI=1S/C15H20O2/c1-8(15(16)17)7-14-12(5)10(3)9(2)11(4)13(14)6/h7H,1-6H3,(H,16,17)/b8-7+. The van der Waals surface area contributed by atoms with Gasteiger partial charge in [-0.15, -0.1) is 0 Å². The van der Waals surface area contributed by atoms with Crippen LogP contribution in [-0.2, 0) is 4.79 Å². The van der Waals surface area contributed by atoms with Crippen LogP contribution in [0.1, 0.15) is 40.3 Å². The molecule has 0 amide bonds. The third kappa shape index (κ3) is 2.41. The highest BCUT2D eigenvalue weighted by Crippen LogP contribution is 2.27. The van der Waals surface area contributed by atoms with Crippen molar-refractivity contribution in [1.82, 2.24) is 0 Å². The number of carbonyl (C=O) groups is 1. The molecule has 0 unspecified atom stereocenters. The first-order valence-corrected chi connectivity index (χ1v) is 5.76. The van der Waals surface area contributed by atoms with Crippen LogP contribution in [0.25, 0.3) is 6.08 Å². The summed E-state index contributed by atoms with van der Waals surface area (Å²) in [5, 5.41) is 8.95. The topological polar surface area (TPSA) is 37.3 Å². The van der Waals surface area contributed by atoms with E-state index in [1.807, 2.05) is 0 Å². The van der Waals surface area contributed by atoms with E-state index in [4.69, 9.17) is 5.11 Å². The molecule has 0 atom stereocenters. The number of hydrogen-bond acceptors (Lipinski definition) is 1. The lowest BCUT2D eigenvalue weighted by Gasteiger charge is -2.16. The van der Waals surface area contributed by atoms with E-state index in [-0.39, 0.29) is 0 Å². The average Bonchev–Trinajstić information content (AvgIpc) is 2.29. The van der Waals surface area contributed by atoms with Crippen LogP contribution in [0.2, 0.25) is 0 Å². The first kappa shape index (κ1) is 13.5. The SMILES string of the molecule is C/C(=C\c1c(C)c(C)c(C)c(C)c1C)C(=O)O. The van der Waals surface area contributed by atoms with E-state index in [1.165, 1.54) is 27.8 Å². The van der Waals surface area contributed by atoms with Crippen LogP contribution in [0.3, 0.4) is 0 Å². The predicted molar refractivity (Wildman–Crippen MR) is 71.4 cm³/mol. The summed E-state index contributed by atoms with van der Waals surface area (Å²) in [6, 6.07) is 0. The number of hydrogen-bond donors (Lipinski definition) is 1. The second-order valence-electron chi connectivity index (χ2n) is 4.67. The van der Waals surface area contributed by atoms with Crippen molar-refractivity contribution in [2.75, 3.05) is 0 Å². The van der Waals surface area contributed by atoms with Crippen molar-refractivity contribution < 1.29 is 9.90 Å². The molecule has 1 aromatic rings. The van der Waals surface area contributed by atoms with Gasteiger partial charge in [0.05, 0.1) is 0 Å². The molecule has 0 aromatic heterocycles. The molecular formula is C15H20O2. The highest BCUT2D eigenvalue weighted by Gasteiger charge is 2.11. The average molecular weight is 232 g/mol. The normalized spacial score (nSPS) is 11.8. The molecule has 0 fully saturated rings. The number of carboxylic acid groups (broad SMARTS) is 1. The molecule has 2 nitrogen and oxygen atoms in total. The second-order valence-corrected chi connectivity index (χ2v) is 4.67. The van der Waals surface area contributed by atoms with E-state index in [0.29, 0.717) is 5.57 Å². The third-order valence-corrected chi connectivity index (χ3v) is 3.76. The summed E-state index contributed by atoms with van der Waals surface area (Å²) in [6.07, 6.45) is 1.77. The summed E-state index contributed by atoms with van der Waals surface area (Å²) in [6.45, 7) is 12.0. The van der Waals surface area contributed by atoms with Gasteiger partial charge in [-0.1, -0.05) is 0 Å². The molecule has 1 rings (SSSR count). The Kier molecular flexibility index (Phi) is 3.76. The van der Waals surface area contributed by atoms with Crippen LogP contribution in [0.15, 0.2) is 5.57 Å². The van der Waals surface area contributed by atoms with Gasteiger partial charge in [-0.3, -0.25) is 0 Å². The molecule has 0 aliphatic heterocycles. The smallest absolute Gasteiger partial charge is 0.331 e.